The molecule has 0 saturated carbocycles. The van der Waals surface area contributed by atoms with Crippen molar-refractivity contribution in [2.75, 3.05) is 26.2 Å². The van der Waals surface area contributed by atoms with E-state index < -0.39 is 0 Å². The first-order valence-corrected chi connectivity index (χ1v) is 7.27. The number of para-hydroxylation sites is 1. The molecule has 1 aliphatic heterocycles. The highest BCUT2D eigenvalue weighted by Crippen LogP contribution is 2.33. The molecule has 0 amide bonds. The molecule has 5 nitrogen and oxygen atoms in total. The van der Waals surface area contributed by atoms with E-state index in [1.54, 1.807) is 12.1 Å². The summed E-state index contributed by atoms with van der Waals surface area (Å²) in [6.07, 6.45) is 0.949. The summed E-state index contributed by atoms with van der Waals surface area (Å²) in [7, 11) is 0. The largest absolute Gasteiger partial charge is 0.314 e. The van der Waals surface area contributed by atoms with Gasteiger partial charge in [0.15, 0.2) is 0 Å². The molecule has 1 aromatic rings. The Kier molecular flexibility index (Phi) is 5.09. The third kappa shape index (κ3) is 3.55. The minimum atomic E-state index is -0.259. The van der Waals surface area contributed by atoms with Crippen LogP contribution in [0.5, 0.6) is 0 Å². The molecule has 0 bridgehead atoms. The van der Waals surface area contributed by atoms with Crippen molar-refractivity contribution in [1.82, 2.24) is 10.2 Å². The number of benzene rings is 1. The predicted octanol–water partition coefficient (Wildman–Crippen LogP) is 2.59. The SMILES string of the molecule is CC(C)C[C@@H](c1ccccc1[N+](=O)[O-])N1CCNCC1. The number of nitro benzene ring substituents is 1. The Labute approximate surface area is 120 Å². The van der Waals surface area contributed by atoms with Crippen molar-refractivity contribution in [3.63, 3.8) is 0 Å². The molecule has 0 spiro atoms. The van der Waals surface area contributed by atoms with E-state index in [1.807, 2.05) is 12.1 Å². The lowest BCUT2D eigenvalue weighted by molar-refractivity contribution is -0.386. The number of nitrogens with zero attached hydrogens (tertiary/aromatic N) is 2. The van der Waals surface area contributed by atoms with Crippen LogP contribution >= 0.6 is 0 Å². The quantitative estimate of drug-likeness (QED) is 0.664. The van der Waals surface area contributed by atoms with Crippen LogP contribution in [0.4, 0.5) is 5.69 Å². The molecule has 1 aliphatic rings. The van der Waals surface area contributed by atoms with E-state index in [2.05, 4.69) is 24.1 Å². The van der Waals surface area contributed by atoms with Crippen LogP contribution in [-0.2, 0) is 0 Å². The van der Waals surface area contributed by atoms with Gasteiger partial charge in [-0.2, -0.15) is 0 Å². The highest BCUT2D eigenvalue weighted by molar-refractivity contribution is 5.42. The summed E-state index contributed by atoms with van der Waals surface area (Å²) in [6, 6.07) is 7.31. The third-order valence-electron chi connectivity index (χ3n) is 3.78. The number of hydrogen-bond acceptors (Lipinski definition) is 4. The van der Waals surface area contributed by atoms with Crippen molar-refractivity contribution in [1.29, 1.82) is 0 Å². The van der Waals surface area contributed by atoms with Crippen LogP contribution in [0.1, 0.15) is 31.9 Å². The molecule has 1 atom stereocenters. The molecule has 1 fully saturated rings. The molecule has 0 unspecified atom stereocenters. The van der Waals surface area contributed by atoms with Crippen LogP contribution in [0, 0.1) is 16.0 Å². The van der Waals surface area contributed by atoms with Gasteiger partial charge in [-0.1, -0.05) is 32.0 Å². The van der Waals surface area contributed by atoms with Gasteiger partial charge in [0.25, 0.3) is 5.69 Å². The maximum atomic E-state index is 11.3. The molecule has 1 aromatic carbocycles. The maximum absolute atomic E-state index is 11.3. The maximum Gasteiger partial charge on any atom is 0.274 e. The molecule has 0 radical (unpaired) electrons. The summed E-state index contributed by atoms with van der Waals surface area (Å²) in [6.45, 7) is 8.14. The van der Waals surface area contributed by atoms with E-state index in [0.29, 0.717) is 5.92 Å². The highest BCUT2D eigenvalue weighted by Gasteiger charge is 2.28. The van der Waals surface area contributed by atoms with Crippen molar-refractivity contribution in [3.8, 4) is 0 Å². The first kappa shape index (κ1) is 14.9. The van der Waals surface area contributed by atoms with Crippen LogP contribution in [0.2, 0.25) is 0 Å². The van der Waals surface area contributed by atoms with Crippen molar-refractivity contribution in [2.24, 2.45) is 5.92 Å². The minimum absolute atomic E-state index is 0.138. The zero-order chi connectivity index (χ0) is 14.5. The summed E-state index contributed by atoms with van der Waals surface area (Å²) in [4.78, 5) is 13.4. The fourth-order valence-corrected chi connectivity index (χ4v) is 2.85. The summed E-state index contributed by atoms with van der Waals surface area (Å²) < 4.78 is 0. The van der Waals surface area contributed by atoms with Gasteiger partial charge in [0.1, 0.15) is 0 Å². The van der Waals surface area contributed by atoms with Crippen molar-refractivity contribution in [3.05, 3.63) is 39.9 Å². The average molecular weight is 277 g/mol. The fourth-order valence-electron chi connectivity index (χ4n) is 2.85. The zero-order valence-corrected chi connectivity index (χ0v) is 12.2. The lowest BCUT2D eigenvalue weighted by Crippen LogP contribution is -2.45. The molecule has 1 saturated heterocycles. The molecule has 1 N–H and O–H groups in total. The van der Waals surface area contributed by atoms with Gasteiger partial charge in [0.05, 0.1) is 4.92 Å². The number of piperazine rings is 1. The minimum Gasteiger partial charge on any atom is -0.314 e. The molecule has 0 aliphatic carbocycles. The zero-order valence-electron chi connectivity index (χ0n) is 12.2. The molecule has 110 valence electrons. The first-order chi connectivity index (χ1) is 9.59. The smallest absolute Gasteiger partial charge is 0.274 e. The van der Waals surface area contributed by atoms with Crippen LogP contribution in [0.15, 0.2) is 24.3 Å². The Morgan fingerprint density at radius 2 is 1.95 bits per heavy atom. The Morgan fingerprint density at radius 3 is 2.55 bits per heavy atom. The Bertz CT molecular complexity index is 456. The van der Waals surface area contributed by atoms with Crippen molar-refractivity contribution >= 4 is 5.69 Å². The molecule has 1 heterocycles. The van der Waals surface area contributed by atoms with E-state index >= 15 is 0 Å². The summed E-state index contributed by atoms with van der Waals surface area (Å²) in [5, 5.41) is 14.6. The van der Waals surface area contributed by atoms with E-state index in [1.165, 1.54) is 0 Å². The Morgan fingerprint density at radius 1 is 1.30 bits per heavy atom. The van der Waals surface area contributed by atoms with Gasteiger partial charge in [-0.05, 0) is 12.3 Å². The molecule has 5 heteroatoms. The van der Waals surface area contributed by atoms with Crippen LogP contribution < -0.4 is 5.32 Å². The highest BCUT2D eigenvalue weighted by atomic mass is 16.6. The van der Waals surface area contributed by atoms with Gasteiger partial charge in [-0.3, -0.25) is 15.0 Å². The second kappa shape index (κ2) is 6.81. The fraction of sp³-hybridized carbons (Fsp3) is 0.600. The van der Waals surface area contributed by atoms with Crippen molar-refractivity contribution < 1.29 is 4.92 Å². The van der Waals surface area contributed by atoms with Gasteiger partial charge >= 0.3 is 0 Å². The molecular formula is C15H23N3O2. The molecule has 20 heavy (non-hydrogen) atoms. The van der Waals surface area contributed by atoms with E-state index in [9.17, 15) is 10.1 Å². The van der Waals surface area contributed by atoms with Gasteiger partial charge in [-0.25, -0.2) is 0 Å². The lowest BCUT2D eigenvalue weighted by Gasteiger charge is -2.35. The molecular weight excluding hydrogens is 254 g/mol. The molecule has 2 rings (SSSR count). The third-order valence-corrected chi connectivity index (χ3v) is 3.78. The van der Waals surface area contributed by atoms with E-state index in [4.69, 9.17) is 0 Å². The monoisotopic (exact) mass is 277 g/mol. The molecule has 0 aromatic heterocycles. The van der Waals surface area contributed by atoms with Gasteiger partial charge < -0.3 is 5.32 Å². The van der Waals surface area contributed by atoms with E-state index in [-0.39, 0.29) is 16.7 Å². The average Bonchev–Trinajstić information content (AvgIpc) is 2.45. The topological polar surface area (TPSA) is 58.4 Å². The Hall–Kier alpha value is -1.46. The van der Waals surface area contributed by atoms with Gasteiger partial charge in [0, 0.05) is 43.9 Å². The Balaban J connectivity index is 2.32. The van der Waals surface area contributed by atoms with Gasteiger partial charge in [-0.15, -0.1) is 0 Å². The van der Waals surface area contributed by atoms with Crippen LogP contribution in [0.3, 0.4) is 0 Å². The number of nitrogens with one attached hydrogen (secondary N) is 1. The first-order valence-electron chi connectivity index (χ1n) is 7.27. The van der Waals surface area contributed by atoms with Crippen LogP contribution in [-0.4, -0.2) is 36.0 Å². The second-order valence-corrected chi connectivity index (χ2v) is 5.75. The van der Waals surface area contributed by atoms with E-state index in [0.717, 1.165) is 38.2 Å². The standard InChI is InChI=1S/C15H23N3O2/c1-12(2)11-15(17-9-7-16-8-10-17)13-5-3-4-6-14(13)18(19)20/h3-6,12,15-16H,7-11H2,1-2H3/t15-/m0/s1. The number of nitro groups is 1. The predicted molar refractivity (Wildman–Crippen MR) is 79.7 cm³/mol. The number of rotatable bonds is 5. The second-order valence-electron chi connectivity index (χ2n) is 5.75. The number of hydrogen-bond donors (Lipinski definition) is 1. The summed E-state index contributed by atoms with van der Waals surface area (Å²) in [5.41, 5.74) is 1.10. The normalized spacial score (nSPS) is 18.1. The van der Waals surface area contributed by atoms with Gasteiger partial charge in [0.2, 0.25) is 0 Å². The summed E-state index contributed by atoms with van der Waals surface area (Å²) >= 11 is 0. The van der Waals surface area contributed by atoms with Crippen LogP contribution in [0.25, 0.3) is 0 Å². The summed E-state index contributed by atoms with van der Waals surface area (Å²) in [5.74, 6) is 0.509. The van der Waals surface area contributed by atoms with Crippen molar-refractivity contribution in [2.45, 2.75) is 26.3 Å². The lowest BCUT2D eigenvalue weighted by atomic mass is 9.94.